The highest BCUT2D eigenvalue weighted by Crippen LogP contribution is 2.46. The van der Waals surface area contributed by atoms with Gasteiger partial charge >= 0.3 is 11.9 Å². The molecule has 0 fully saturated rings. The number of hydrogen-bond acceptors (Lipinski definition) is 5. The number of benzene rings is 3. The Bertz CT molecular complexity index is 1000. The van der Waals surface area contributed by atoms with Crippen molar-refractivity contribution in [2.24, 2.45) is 0 Å². The van der Waals surface area contributed by atoms with Crippen molar-refractivity contribution < 1.29 is 23.9 Å². The standard InChI is InChI=1S/C24H21O5P/c1-28-23(26)21(25)22(24(27)29-2)30(18-12-6-3-7-13-18,19-14-8-4-9-15-19)20-16-10-5-11-17-20/h3-17H,1-2H3. The van der Waals surface area contributed by atoms with Gasteiger partial charge in [0.1, 0.15) is 5.29 Å². The van der Waals surface area contributed by atoms with Gasteiger partial charge in [-0.25, -0.2) is 9.59 Å². The second-order valence-electron chi connectivity index (χ2n) is 6.34. The van der Waals surface area contributed by atoms with Gasteiger partial charge in [0.25, 0.3) is 5.78 Å². The van der Waals surface area contributed by atoms with Crippen LogP contribution in [0.5, 0.6) is 0 Å². The van der Waals surface area contributed by atoms with E-state index in [4.69, 9.17) is 9.47 Å². The van der Waals surface area contributed by atoms with Crippen LogP contribution in [0.3, 0.4) is 0 Å². The van der Waals surface area contributed by atoms with Crippen molar-refractivity contribution in [3.05, 3.63) is 91.0 Å². The van der Waals surface area contributed by atoms with Crippen LogP contribution in [0.2, 0.25) is 0 Å². The van der Waals surface area contributed by atoms with E-state index in [0.717, 1.165) is 23.0 Å². The Hall–Kier alpha value is -3.43. The van der Waals surface area contributed by atoms with Gasteiger partial charge in [0.2, 0.25) is 0 Å². The van der Waals surface area contributed by atoms with E-state index in [2.05, 4.69) is 0 Å². The molecule has 0 unspecified atom stereocenters. The average Bonchev–Trinajstić information content (AvgIpc) is 2.82. The molecular formula is C24H21O5P. The van der Waals surface area contributed by atoms with Gasteiger partial charge in [0, 0.05) is 0 Å². The number of Topliss-reactive ketones (excluding diaryl/α,β-unsaturated/α-hetero) is 1. The molecule has 3 aromatic carbocycles. The molecule has 152 valence electrons. The van der Waals surface area contributed by atoms with Crippen LogP contribution in [0.25, 0.3) is 0 Å². The summed E-state index contributed by atoms with van der Waals surface area (Å²) >= 11 is 0. The van der Waals surface area contributed by atoms with Crippen molar-refractivity contribution in [2.45, 2.75) is 0 Å². The normalized spacial score (nSPS) is 10.7. The number of ether oxygens (including phenoxy) is 2. The minimum atomic E-state index is -3.07. The molecule has 0 amide bonds. The zero-order valence-corrected chi connectivity index (χ0v) is 17.5. The third-order valence-electron chi connectivity index (χ3n) is 4.73. The Balaban J connectivity index is 2.65. The third-order valence-corrected chi connectivity index (χ3v) is 9.01. The molecule has 0 atom stereocenters. The Morgan fingerprint density at radius 2 is 0.900 bits per heavy atom. The Morgan fingerprint density at radius 1 is 0.567 bits per heavy atom. The SMILES string of the molecule is COC(=O)C(=O)C(C(=O)OC)=P(c1ccccc1)(c1ccccc1)c1ccccc1. The number of hydrogen-bond donors (Lipinski definition) is 0. The molecule has 0 saturated heterocycles. The molecule has 30 heavy (non-hydrogen) atoms. The van der Waals surface area contributed by atoms with E-state index in [-0.39, 0.29) is 5.29 Å². The van der Waals surface area contributed by atoms with E-state index in [1.807, 2.05) is 91.0 Å². The van der Waals surface area contributed by atoms with E-state index in [1.165, 1.54) is 7.11 Å². The van der Waals surface area contributed by atoms with Crippen LogP contribution in [-0.4, -0.2) is 37.2 Å². The fourth-order valence-electron chi connectivity index (χ4n) is 3.46. The number of carbonyl (C=O) groups is 3. The van der Waals surface area contributed by atoms with E-state index in [0.29, 0.717) is 0 Å². The lowest BCUT2D eigenvalue weighted by atomic mass is 10.3. The molecule has 6 heteroatoms. The van der Waals surface area contributed by atoms with Gasteiger partial charge in [-0.3, -0.25) is 4.79 Å². The zero-order valence-electron chi connectivity index (χ0n) is 16.6. The second-order valence-corrected chi connectivity index (χ2v) is 9.68. The molecule has 0 bridgehead atoms. The molecule has 0 saturated carbocycles. The predicted octanol–water partition coefficient (Wildman–Crippen LogP) is 2.07. The maximum Gasteiger partial charge on any atom is 0.379 e. The van der Waals surface area contributed by atoms with Crippen molar-refractivity contribution in [2.75, 3.05) is 14.2 Å². The third kappa shape index (κ3) is 3.72. The van der Waals surface area contributed by atoms with Gasteiger partial charge in [-0.15, -0.1) is 0 Å². The summed E-state index contributed by atoms with van der Waals surface area (Å²) in [6.07, 6.45) is 0. The van der Waals surface area contributed by atoms with Crippen LogP contribution >= 0.6 is 6.89 Å². The first kappa shape index (κ1) is 21.3. The molecule has 5 nitrogen and oxygen atoms in total. The average molecular weight is 420 g/mol. The smallest absolute Gasteiger partial charge is 0.379 e. The molecule has 0 spiro atoms. The first-order valence-electron chi connectivity index (χ1n) is 9.21. The molecule has 0 N–H and O–H groups in total. The maximum absolute atomic E-state index is 13.3. The molecule has 0 aliphatic carbocycles. The van der Waals surface area contributed by atoms with Crippen molar-refractivity contribution in [3.8, 4) is 0 Å². The summed E-state index contributed by atoms with van der Waals surface area (Å²) in [6.45, 7) is -3.07. The van der Waals surface area contributed by atoms with Gasteiger partial charge < -0.3 is 9.47 Å². The minimum Gasteiger partial charge on any atom is -0.465 e. The van der Waals surface area contributed by atoms with Gasteiger partial charge in [-0.05, 0) is 22.8 Å². The van der Waals surface area contributed by atoms with Crippen LogP contribution in [-0.2, 0) is 23.9 Å². The van der Waals surface area contributed by atoms with Crippen molar-refractivity contribution in [1.82, 2.24) is 0 Å². The number of rotatable bonds is 6. The number of methoxy groups -OCH3 is 2. The van der Waals surface area contributed by atoms with E-state index in [9.17, 15) is 14.4 Å². The topological polar surface area (TPSA) is 69.7 Å². The molecular weight excluding hydrogens is 399 g/mol. The summed E-state index contributed by atoms with van der Waals surface area (Å²) in [5.41, 5.74) is 0. The highest BCUT2D eigenvalue weighted by molar-refractivity contribution is 7.98. The lowest BCUT2D eigenvalue weighted by Crippen LogP contribution is -2.41. The first-order valence-corrected chi connectivity index (χ1v) is 11.0. The van der Waals surface area contributed by atoms with Crippen LogP contribution in [0, 0.1) is 0 Å². The Morgan fingerprint density at radius 3 is 1.20 bits per heavy atom. The molecule has 0 heterocycles. The van der Waals surface area contributed by atoms with Gasteiger partial charge in [0.05, 0.1) is 14.2 Å². The summed E-state index contributed by atoms with van der Waals surface area (Å²) in [5.74, 6) is -2.97. The summed E-state index contributed by atoms with van der Waals surface area (Å²) < 4.78 is 9.71. The molecule has 0 radical (unpaired) electrons. The number of esters is 2. The Labute approximate surface area is 175 Å². The summed E-state index contributed by atoms with van der Waals surface area (Å²) in [7, 11) is 2.31. The fraction of sp³-hybridized carbons (Fsp3) is 0.0833. The molecule has 3 rings (SSSR count). The van der Waals surface area contributed by atoms with Gasteiger partial charge in [0.15, 0.2) is 0 Å². The van der Waals surface area contributed by atoms with Crippen LogP contribution < -0.4 is 15.9 Å². The minimum absolute atomic E-state index is 0.222. The maximum atomic E-state index is 13.3. The second kappa shape index (κ2) is 9.38. The fourth-order valence-corrected chi connectivity index (χ4v) is 7.75. The van der Waals surface area contributed by atoms with Crippen LogP contribution in [0.15, 0.2) is 91.0 Å². The lowest BCUT2D eigenvalue weighted by molar-refractivity contribution is -0.149. The van der Waals surface area contributed by atoms with Crippen LogP contribution in [0.4, 0.5) is 0 Å². The number of carbonyl (C=O) groups excluding carboxylic acids is 3. The number of ketones is 1. The van der Waals surface area contributed by atoms with Crippen LogP contribution in [0.1, 0.15) is 0 Å². The quantitative estimate of drug-likeness (QED) is 0.264. The van der Waals surface area contributed by atoms with Gasteiger partial charge in [-0.2, -0.15) is 0 Å². The van der Waals surface area contributed by atoms with Crippen molar-refractivity contribution in [3.63, 3.8) is 0 Å². The largest absolute Gasteiger partial charge is 0.465 e. The van der Waals surface area contributed by atoms with E-state index in [1.54, 1.807) is 0 Å². The lowest BCUT2D eigenvalue weighted by Gasteiger charge is -2.30. The summed E-state index contributed by atoms with van der Waals surface area (Å²) in [5, 5.41) is 2.03. The zero-order chi connectivity index (χ0) is 21.6. The molecule has 3 aromatic rings. The Kier molecular flexibility index (Phi) is 6.65. The van der Waals surface area contributed by atoms with E-state index >= 15 is 0 Å². The monoisotopic (exact) mass is 420 g/mol. The van der Waals surface area contributed by atoms with Gasteiger partial charge in [-0.1, -0.05) is 91.0 Å². The predicted molar refractivity (Wildman–Crippen MR) is 119 cm³/mol. The highest BCUT2D eigenvalue weighted by Gasteiger charge is 2.40. The van der Waals surface area contributed by atoms with E-state index < -0.39 is 24.6 Å². The molecule has 0 aromatic heterocycles. The summed E-state index contributed by atoms with van der Waals surface area (Å²) in [4.78, 5) is 38.7. The highest BCUT2D eigenvalue weighted by atomic mass is 31.2. The summed E-state index contributed by atoms with van der Waals surface area (Å²) in [6, 6.07) is 27.8. The molecule has 0 aliphatic rings. The van der Waals surface area contributed by atoms with Crippen molar-refractivity contribution in [1.29, 1.82) is 0 Å². The first-order chi connectivity index (χ1) is 14.6. The molecule has 0 aliphatic heterocycles. The van der Waals surface area contributed by atoms with Crippen molar-refractivity contribution >= 4 is 45.8 Å².